The maximum Gasteiger partial charge on any atom is 0.243 e. The molecule has 0 bridgehead atoms. The Hall–Kier alpha value is -2.68. The van der Waals surface area contributed by atoms with Gasteiger partial charge < -0.3 is 9.80 Å². The second kappa shape index (κ2) is 9.05. The molecule has 7 nitrogen and oxygen atoms in total. The van der Waals surface area contributed by atoms with Crippen molar-refractivity contribution < 1.29 is 18.0 Å². The zero-order valence-corrected chi connectivity index (χ0v) is 19.2. The van der Waals surface area contributed by atoms with Gasteiger partial charge in [-0.1, -0.05) is 35.9 Å². The third-order valence-corrected chi connectivity index (χ3v) is 8.04. The van der Waals surface area contributed by atoms with Crippen LogP contribution >= 0.6 is 11.6 Å². The van der Waals surface area contributed by atoms with Crippen molar-refractivity contribution in [1.82, 2.24) is 14.1 Å². The predicted octanol–water partition coefficient (Wildman–Crippen LogP) is 3.14. The number of carbonyl (C=O) groups excluding carboxylic acids is 2. The van der Waals surface area contributed by atoms with Crippen LogP contribution < -0.4 is 0 Å². The second-order valence-electron chi connectivity index (χ2n) is 7.83. The van der Waals surface area contributed by atoms with Crippen LogP contribution in [0.4, 0.5) is 0 Å². The van der Waals surface area contributed by atoms with Gasteiger partial charge in [0, 0.05) is 44.3 Å². The van der Waals surface area contributed by atoms with Crippen molar-refractivity contribution in [2.75, 3.05) is 26.2 Å². The Balaban J connectivity index is 1.44. The lowest BCUT2D eigenvalue weighted by molar-refractivity contribution is -0.135. The highest BCUT2D eigenvalue weighted by atomic mass is 35.5. The van der Waals surface area contributed by atoms with Crippen molar-refractivity contribution in [2.24, 2.45) is 0 Å². The number of fused-ring (bicyclic) bond motifs is 1. The zero-order valence-electron chi connectivity index (χ0n) is 17.6. The Kier molecular flexibility index (Phi) is 6.37. The fourth-order valence-electron chi connectivity index (χ4n) is 4.14. The normalized spacial score (nSPS) is 19.0. The van der Waals surface area contributed by atoms with Gasteiger partial charge in [0.1, 0.15) is 0 Å². The summed E-state index contributed by atoms with van der Waals surface area (Å²) in [7, 11) is -3.64. The van der Waals surface area contributed by atoms with E-state index in [2.05, 4.69) is 0 Å². The quantitative estimate of drug-likeness (QED) is 0.683. The molecule has 0 aliphatic carbocycles. The number of rotatable bonds is 4. The lowest BCUT2D eigenvalue weighted by Crippen LogP contribution is -2.51. The topological polar surface area (TPSA) is 78.0 Å². The summed E-state index contributed by atoms with van der Waals surface area (Å²) < 4.78 is 27.1. The molecule has 0 saturated carbocycles. The van der Waals surface area contributed by atoms with Crippen LogP contribution in [0.2, 0.25) is 5.02 Å². The molecule has 2 aromatic carbocycles. The average molecular weight is 474 g/mol. The van der Waals surface area contributed by atoms with E-state index in [1.165, 1.54) is 23.4 Å². The van der Waals surface area contributed by atoms with Gasteiger partial charge in [0.2, 0.25) is 21.8 Å². The predicted molar refractivity (Wildman–Crippen MR) is 122 cm³/mol. The Labute approximate surface area is 192 Å². The highest BCUT2D eigenvalue weighted by Crippen LogP contribution is 2.33. The van der Waals surface area contributed by atoms with Crippen molar-refractivity contribution in [3.8, 4) is 0 Å². The fraction of sp³-hybridized carbons (Fsp3) is 0.304. The molecule has 0 N–H and O–H groups in total. The minimum absolute atomic E-state index is 0.102. The van der Waals surface area contributed by atoms with E-state index in [-0.39, 0.29) is 42.3 Å². The molecule has 2 aliphatic rings. The number of piperazine rings is 1. The van der Waals surface area contributed by atoms with Gasteiger partial charge in [-0.2, -0.15) is 4.31 Å². The van der Waals surface area contributed by atoms with Crippen molar-refractivity contribution in [2.45, 2.75) is 24.3 Å². The van der Waals surface area contributed by atoms with Gasteiger partial charge in [0.25, 0.3) is 0 Å². The molecule has 2 amide bonds. The highest BCUT2D eigenvalue weighted by molar-refractivity contribution is 7.89. The van der Waals surface area contributed by atoms with E-state index in [1.54, 1.807) is 28.1 Å². The number of amides is 2. The first-order chi connectivity index (χ1) is 15.3. The van der Waals surface area contributed by atoms with E-state index >= 15 is 0 Å². The van der Waals surface area contributed by atoms with E-state index in [4.69, 9.17) is 11.6 Å². The number of hydrogen-bond acceptors (Lipinski definition) is 4. The first-order valence-corrected chi connectivity index (χ1v) is 12.2. The van der Waals surface area contributed by atoms with Gasteiger partial charge in [0.05, 0.1) is 17.4 Å². The standard InChI is InChI=1S/C23H24ClN3O4S/c1-17(28)27-11-10-18-4-2-3-5-21(18)22(27)16-23(29)25-12-14-26(15-13-25)32(30,31)20-8-6-19(24)7-9-20/h2-11,22H,12-16H2,1H3/t22-/m0/s1. The van der Waals surface area contributed by atoms with Crippen LogP contribution in [0.5, 0.6) is 0 Å². The molecular weight excluding hydrogens is 450 g/mol. The summed E-state index contributed by atoms with van der Waals surface area (Å²) in [5.41, 5.74) is 1.92. The molecule has 1 saturated heterocycles. The van der Waals surface area contributed by atoms with E-state index < -0.39 is 10.0 Å². The monoisotopic (exact) mass is 473 g/mol. The summed E-state index contributed by atoms with van der Waals surface area (Å²) >= 11 is 5.86. The molecule has 2 aromatic rings. The highest BCUT2D eigenvalue weighted by Gasteiger charge is 2.33. The maximum atomic E-state index is 13.1. The summed E-state index contributed by atoms with van der Waals surface area (Å²) in [6, 6.07) is 13.4. The van der Waals surface area contributed by atoms with Crippen LogP contribution in [-0.4, -0.2) is 60.5 Å². The number of halogens is 1. The zero-order chi connectivity index (χ0) is 22.9. The first kappa shape index (κ1) is 22.5. The Morgan fingerprint density at radius 1 is 1.00 bits per heavy atom. The number of carbonyl (C=O) groups is 2. The minimum Gasteiger partial charge on any atom is -0.340 e. The molecule has 9 heteroatoms. The number of hydrogen-bond donors (Lipinski definition) is 0. The van der Waals surface area contributed by atoms with Gasteiger partial charge in [0.15, 0.2) is 0 Å². The van der Waals surface area contributed by atoms with Crippen LogP contribution in [0, 0.1) is 0 Å². The van der Waals surface area contributed by atoms with E-state index in [9.17, 15) is 18.0 Å². The summed E-state index contributed by atoms with van der Waals surface area (Å²) in [6.07, 6.45) is 3.74. The first-order valence-electron chi connectivity index (χ1n) is 10.4. The molecule has 2 heterocycles. The van der Waals surface area contributed by atoms with E-state index in [1.807, 2.05) is 30.3 Å². The fourth-order valence-corrected chi connectivity index (χ4v) is 5.69. The molecule has 1 fully saturated rings. The van der Waals surface area contributed by atoms with E-state index in [0.717, 1.165) is 11.1 Å². The molecule has 32 heavy (non-hydrogen) atoms. The minimum atomic E-state index is -3.64. The molecule has 0 unspecified atom stereocenters. The van der Waals surface area contributed by atoms with Gasteiger partial charge in [-0.15, -0.1) is 0 Å². The smallest absolute Gasteiger partial charge is 0.243 e. The van der Waals surface area contributed by atoms with Gasteiger partial charge in [-0.25, -0.2) is 8.42 Å². The molecule has 0 radical (unpaired) electrons. The molecule has 4 rings (SSSR count). The van der Waals surface area contributed by atoms with Crippen LogP contribution in [0.25, 0.3) is 6.08 Å². The number of nitrogens with zero attached hydrogens (tertiary/aromatic N) is 3. The molecule has 2 aliphatic heterocycles. The van der Waals surface area contributed by atoms with E-state index in [0.29, 0.717) is 18.1 Å². The van der Waals surface area contributed by atoms with Gasteiger partial charge in [-0.3, -0.25) is 9.59 Å². The largest absolute Gasteiger partial charge is 0.340 e. The molecular formula is C23H24ClN3O4S. The third kappa shape index (κ3) is 4.44. The number of sulfonamides is 1. The lowest BCUT2D eigenvalue weighted by Gasteiger charge is -2.37. The van der Waals surface area contributed by atoms with Crippen molar-refractivity contribution in [3.05, 3.63) is 70.9 Å². The third-order valence-electron chi connectivity index (χ3n) is 5.88. The van der Waals surface area contributed by atoms with Gasteiger partial charge in [-0.05, 0) is 41.5 Å². The summed E-state index contributed by atoms with van der Waals surface area (Å²) in [4.78, 5) is 28.7. The average Bonchev–Trinajstić information content (AvgIpc) is 2.79. The van der Waals surface area contributed by atoms with Gasteiger partial charge >= 0.3 is 0 Å². The van der Waals surface area contributed by atoms with Crippen molar-refractivity contribution in [1.29, 1.82) is 0 Å². The molecule has 1 atom stereocenters. The van der Waals surface area contributed by atoms with Crippen LogP contribution in [0.3, 0.4) is 0 Å². The second-order valence-corrected chi connectivity index (χ2v) is 10.2. The SMILES string of the molecule is CC(=O)N1C=Cc2ccccc2[C@@H]1CC(=O)N1CCN(S(=O)(=O)c2ccc(Cl)cc2)CC1. The summed E-state index contributed by atoms with van der Waals surface area (Å²) in [5.74, 6) is -0.234. The lowest BCUT2D eigenvalue weighted by atomic mass is 9.93. The number of benzene rings is 2. The molecule has 0 aromatic heterocycles. The molecule has 168 valence electrons. The van der Waals surface area contributed by atoms with Crippen LogP contribution in [-0.2, 0) is 19.6 Å². The maximum absolute atomic E-state index is 13.1. The van der Waals surface area contributed by atoms with Crippen molar-refractivity contribution >= 4 is 39.5 Å². The van der Waals surface area contributed by atoms with Crippen molar-refractivity contribution in [3.63, 3.8) is 0 Å². The van der Waals surface area contributed by atoms with Crippen LogP contribution in [0.1, 0.15) is 30.5 Å². The Bertz CT molecular complexity index is 1160. The Morgan fingerprint density at radius 2 is 1.66 bits per heavy atom. The van der Waals surface area contributed by atoms with Crippen LogP contribution in [0.15, 0.2) is 59.6 Å². The molecule has 0 spiro atoms. The summed E-state index contributed by atoms with van der Waals surface area (Å²) in [5, 5.41) is 0.470. The Morgan fingerprint density at radius 3 is 2.31 bits per heavy atom. The summed E-state index contributed by atoms with van der Waals surface area (Å²) in [6.45, 7) is 2.52.